The Morgan fingerprint density at radius 3 is 2.50 bits per heavy atom. The standard InChI is InChI=1S/C15H8BrCl2NO/c16-12-7-9(17)8-19-15(12)20-14-6-5-13(18)10-3-1-2-4-11(10)14/h1-8H. The highest BCUT2D eigenvalue weighted by molar-refractivity contribution is 9.10. The molecule has 20 heavy (non-hydrogen) atoms. The maximum Gasteiger partial charge on any atom is 0.233 e. The number of hydrogen-bond acceptors (Lipinski definition) is 2. The van der Waals surface area contributed by atoms with E-state index in [0.717, 1.165) is 10.8 Å². The fraction of sp³-hybridized carbons (Fsp3) is 0. The third kappa shape index (κ3) is 2.62. The lowest BCUT2D eigenvalue weighted by Crippen LogP contribution is -1.90. The number of ether oxygens (including phenoxy) is 1. The van der Waals surface area contributed by atoms with Crippen LogP contribution in [0.3, 0.4) is 0 Å². The van der Waals surface area contributed by atoms with Crippen molar-refractivity contribution in [3.05, 3.63) is 63.2 Å². The normalized spacial score (nSPS) is 10.8. The Labute approximate surface area is 134 Å². The second-order valence-corrected chi connectivity index (χ2v) is 5.83. The molecule has 5 heteroatoms. The summed E-state index contributed by atoms with van der Waals surface area (Å²) in [6.07, 6.45) is 1.54. The molecule has 1 heterocycles. The Kier molecular flexibility index (Phi) is 3.83. The quantitative estimate of drug-likeness (QED) is 0.545. The van der Waals surface area contributed by atoms with Crippen molar-refractivity contribution in [3.63, 3.8) is 0 Å². The molecule has 0 spiro atoms. The smallest absolute Gasteiger partial charge is 0.233 e. The highest BCUT2D eigenvalue weighted by Gasteiger charge is 2.09. The van der Waals surface area contributed by atoms with Crippen molar-refractivity contribution < 1.29 is 4.74 Å². The number of hydrogen-bond donors (Lipinski definition) is 0. The summed E-state index contributed by atoms with van der Waals surface area (Å²) in [5.74, 6) is 1.15. The Morgan fingerprint density at radius 1 is 1.00 bits per heavy atom. The van der Waals surface area contributed by atoms with Crippen molar-refractivity contribution >= 4 is 49.9 Å². The van der Waals surface area contributed by atoms with Crippen molar-refractivity contribution in [2.45, 2.75) is 0 Å². The van der Waals surface area contributed by atoms with E-state index in [0.29, 0.717) is 26.1 Å². The monoisotopic (exact) mass is 367 g/mol. The molecule has 0 saturated heterocycles. The maximum atomic E-state index is 6.19. The van der Waals surface area contributed by atoms with Crippen molar-refractivity contribution in [1.29, 1.82) is 0 Å². The number of rotatable bonds is 2. The molecule has 0 unspecified atom stereocenters. The van der Waals surface area contributed by atoms with Crippen LogP contribution >= 0.6 is 39.1 Å². The van der Waals surface area contributed by atoms with Crippen LogP contribution in [0.15, 0.2) is 53.1 Å². The van der Waals surface area contributed by atoms with Gasteiger partial charge in [-0.05, 0) is 34.1 Å². The Bertz CT molecular complexity index is 792. The second-order valence-electron chi connectivity index (χ2n) is 4.13. The summed E-state index contributed by atoms with van der Waals surface area (Å²) in [5.41, 5.74) is 0. The van der Waals surface area contributed by atoms with Gasteiger partial charge in [0.25, 0.3) is 0 Å². The van der Waals surface area contributed by atoms with Crippen LogP contribution in [0.5, 0.6) is 11.6 Å². The molecule has 2 nitrogen and oxygen atoms in total. The molecule has 0 aliphatic carbocycles. The topological polar surface area (TPSA) is 22.1 Å². The lowest BCUT2D eigenvalue weighted by molar-refractivity contribution is 0.465. The van der Waals surface area contributed by atoms with Gasteiger partial charge in [-0.25, -0.2) is 4.98 Å². The average molecular weight is 369 g/mol. The van der Waals surface area contributed by atoms with E-state index in [9.17, 15) is 0 Å². The first-order valence-corrected chi connectivity index (χ1v) is 7.36. The van der Waals surface area contributed by atoms with E-state index in [1.165, 1.54) is 0 Å². The lowest BCUT2D eigenvalue weighted by Gasteiger charge is -2.10. The van der Waals surface area contributed by atoms with Crippen molar-refractivity contribution in [2.75, 3.05) is 0 Å². The molecule has 0 aliphatic rings. The zero-order chi connectivity index (χ0) is 14.1. The Morgan fingerprint density at radius 2 is 1.75 bits per heavy atom. The van der Waals surface area contributed by atoms with Crippen LogP contribution in [-0.2, 0) is 0 Å². The fourth-order valence-electron chi connectivity index (χ4n) is 1.90. The first kappa shape index (κ1) is 13.7. The van der Waals surface area contributed by atoms with E-state index in [2.05, 4.69) is 20.9 Å². The minimum atomic E-state index is 0.460. The van der Waals surface area contributed by atoms with Gasteiger partial charge in [0, 0.05) is 22.0 Å². The minimum Gasteiger partial charge on any atom is -0.437 e. The summed E-state index contributed by atoms with van der Waals surface area (Å²) >= 11 is 15.4. The third-order valence-electron chi connectivity index (χ3n) is 2.81. The van der Waals surface area contributed by atoms with E-state index >= 15 is 0 Å². The van der Waals surface area contributed by atoms with E-state index < -0.39 is 0 Å². The van der Waals surface area contributed by atoms with E-state index in [1.807, 2.05) is 36.4 Å². The molecule has 0 fully saturated rings. The third-order valence-corrected chi connectivity index (χ3v) is 3.92. The van der Waals surface area contributed by atoms with Gasteiger partial charge < -0.3 is 4.74 Å². The van der Waals surface area contributed by atoms with Crippen LogP contribution in [0, 0.1) is 0 Å². The molecule has 1 aromatic heterocycles. The van der Waals surface area contributed by atoms with Crippen molar-refractivity contribution in [2.24, 2.45) is 0 Å². The molecule has 0 saturated carbocycles. The molecular formula is C15H8BrCl2NO. The molecule has 0 bridgehead atoms. The van der Waals surface area contributed by atoms with Gasteiger partial charge in [0.15, 0.2) is 0 Å². The number of halogens is 3. The first-order valence-electron chi connectivity index (χ1n) is 5.81. The van der Waals surface area contributed by atoms with Crippen LogP contribution in [0.4, 0.5) is 0 Å². The number of aromatic nitrogens is 1. The number of nitrogens with zero attached hydrogens (tertiary/aromatic N) is 1. The lowest BCUT2D eigenvalue weighted by atomic mass is 10.1. The summed E-state index contributed by atoms with van der Waals surface area (Å²) in [6.45, 7) is 0. The molecule has 0 aliphatic heterocycles. The van der Waals surface area contributed by atoms with Crippen LogP contribution in [0.25, 0.3) is 10.8 Å². The molecule has 2 aromatic carbocycles. The van der Waals surface area contributed by atoms with Gasteiger partial charge >= 0.3 is 0 Å². The Hall–Kier alpha value is -1.29. The van der Waals surface area contributed by atoms with Gasteiger partial charge in [0.05, 0.1) is 9.50 Å². The molecule has 3 rings (SSSR count). The number of fused-ring (bicyclic) bond motifs is 1. The van der Waals surface area contributed by atoms with Gasteiger partial charge in [0.1, 0.15) is 5.75 Å². The van der Waals surface area contributed by atoms with Crippen LogP contribution in [0.1, 0.15) is 0 Å². The molecule has 0 amide bonds. The highest BCUT2D eigenvalue weighted by Crippen LogP contribution is 2.36. The maximum absolute atomic E-state index is 6.19. The molecule has 0 radical (unpaired) electrons. The summed E-state index contributed by atoms with van der Waals surface area (Å²) in [6, 6.07) is 13.2. The largest absolute Gasteiger partial charge is 0.437 e. The van der Waals surface area contributed by atoms with E-state index in [4.69, 9.17) is 27.9 Å². The van der Waals surface area contributed by atoms with Crippen molar-refractivity contribution in [1.82, 2.24) is 4.98 Å². The zero-order valence-electron chi connectivity index (χ0n) is 10.1. The summed E-state index contributed by atoms with van der Waals surface area (Å²) < 4.78 is 6.56. The second kappa shape index (κ2) is 5.60. The predicted molar refractivity (Wildman–Crippen MR) is 86.0 cm³/mol. The predicted octanol–water partition coefficient (Wildman–Crippen LogP) is 6.10. The SMILES string of the molecule is Clc1cnc(Oc2ccc(Cl)c3ccccc23)c(Br)c1. The number of benzene rings is 2. The fourth-order valence-corrected chi connectivity index (χ4v) is 2.85. The number of pyridine rings is 1. The summed E-state index contributed by atoms with van der Waals surface area (Å²) in [7, 11) is 0. The van der Waals surface area contributed by atoms with Gasteiger partial charge in [-0.15, -0.1) is 0 Å². The van der Waals surface area contributed by atoms with E-state index in [-0.39, 0.29) is 0 Å². The van der Waals surface area contributed by atoms with Crippen LogP contribution in [-0.4, -0.2) is 4.98 Å². The molecule has 3 aromatic rings. The van der Waals surface area contributed by atoms with Gasteiger partial charge in [-0.1, -0.05) is 47.5 Å². The summed E-state index contributed by atoms with van der Waals surface area (Å²) in [4.78, 5) is 4.17. The Balaban J connectivity index is 2.09. The first-order chi connectivity index (χ1) is 9.65. The summed E-state index contributed by atoms with van der Waals surface area (Å²) in [5, 5.41) is 3.11. The van der Waals surface area contributed by atoms with E-state index in [1.54, 1.807) is 12.3 Å². The van der Waals surface area contributed by atoms with Crippen molar-refractivity contribution in [3.8, 4) is 11.6 Å². The molecule has 0 atom stereocenters. The molecule has 0 N–H and O–H groups in total. The molecular weight excluding hydrogens is 361 g/mol. The van der Waals surface area contributed by atoms with Crippen LogP contribution < -0.4 is 4.74 Å². The van der Waals surface area contributed by atoms with Gasteiger partial charge in [0.2, 0.25) is 5.88 Å². The van der Waals surface area contributed by atoms with Gasteiger partial charge in [-0.2, -0.15) is 0 Å². The average Bonchev–Trinajstić information content (AvgIpc) is 2.45. The molecule has 100 valence electrons. The minimum absolute atomic E-state index is 0.460. The highest BCUT2D eigenvalue weighted by atomic mass is 79.9. The zero-order valence-corrected chi connectivity index (χ0v) is 13.2. The van der Waals surface area contributed by atoms with Gasteiger partial charge in [-0.3, -0.25) is 0 Å². The van der Waals surface area contributed by atoms with Crippen LogP contribution in [0.2, 0.25) is 10.0 Å².